The highest BCUT2D eigenvalue weighted by atomic mass is 16.5. The van der Waals surface area contributed by atoms with Gasteiger partial charge < -0.3 is 4.74 Å². The largest absolute Gasteiger partial charge is 0.369 e. The number of hydrogen-bond donors (Lipinski definition) is 0. The smallest absolute Gasteiger partial charge is 0.196 e. The van der Waals surface area contributed by atoms with Crippen LogP contribution in [0.3, 0.4) is 0 Å². The molecular formula is C18H20O2. The summed E-state index contributed by atoms with van der Waals surface area (Å²) in [6.45, 7) is 4.19. The maximum absolute atomic E-state index is 12.8. The van der Waals surface area contributed by atoms with E-state index in [9.17, 15) is 4.79 Å². The average molecular weight is 268 g/mol. The molecule has 0 spiro atoms. The summed E-state index contributed by atoms with van der Waals surface area (Å²) in [6, 6.07) is 17.4. The Labute approximate surface area is 120 Å². The number of hydrogen-bond acceptors (Lipinski definition) is 2. The van der Waals surface area contributed by atoms with Crippen LogP contribution in [0, 0.1) is 0 Å². The minimum Gasteiger partial charge on any atom is -0.369 e. The van der Waals surface area contributed by atoms with Gasteiger partial charge in [0.2, 0.25) is 0 Å². The predicted molar refractivity (Wildman–Crippen MR) is 81.1 cm³/mol. The number of carbonyl (C=O) groups excluding carboxylic acids is 1. The van der Waals surface area contributed by atoms with Crippen LogP contribution < -0.4 is 0 Å². The number of rotatable bonds is 5. The van der Waals surface area contributed by atoms with Gasteiger partial charge in [-0.25, -0.2) is 0 Å². The van der Waals surface area contributed by atoms with Gasteiger partial charge >= 0.3 is 0 Å². The molecule has 2 heteroatoms. The van der Waals surface area contributed by atoms with Crippen molar-refractivity contribution < 1.29 is 9.53 Å². The van der Waals surface area contributed by atoms with E-state index in [0.29, 0.717) is 5.92 Å². The van der Waals surface area contributed by atoms with Gasteiger partial charge in [0.15, 0.2) is 5.78 Å². The first kappa shape index (κ1) is 14.5. The number of Topliss-reactive ketones (excluding diaryl/α,β-unsaturated/α-hetero) is 1. The molecule has 0 saturated carbocycles. The van der Waals surface area contributed by atoms with Crippen LogP contribution >= 0.6 is 0 Å². The second kappa shape index (κ2) is 6.49. The van der Waals surface area contributed by atoms with Crippen LogP contribution in [-0.4, -0.2) is 12.9 Å². The SMILES string of the molecule is COC(C(=O)c1ccccc1C(C)C)c1ccccc1. The second-order valence-corrected chi connectivity index (χ2v) is 5.13. The third kappa shape index (κ3) is 2.97. The fraction of sp³-hybridized carbons (Fsp3) is 0.278. The number of benzene rings is 2. The van der Waals surface area contributed by atoms with Crippen LogP contribution in [0.1, 0.15) is 47.4 Å². The van der Waals surface area contributed by atoms with Crippen molar-refractivity contribution in [3.05, 3.63) is 71.3 Å². The highest BCUT2D eigenvalue weighted by Gasteiger charge is 2.24. The zero-order valence-corrected chi connectivity index (χ0v) is 12.2. The highest BCUT2D eigenvalue weighted by molar-refractivity contribution is 6.01. The summed E-state index contributed by atoms with van der Waals surface area (Å²) in [4.78, 5) is 12.8. The van der Waals surface area contributed by atoms with E-state index < -0.39 is 6.10 Å². The fourth-order valence-corrected chi connectivity index (χ4v) is 2.39. The maximum atomic E-state index is 12.8. The van der Waals surface area contributed by atoms with Crippen LogP contribution in [0.2, 0.25) is 0 Å². The Balaban J connectivity index is 2.40. The first-order valence-corrected chi connectivity index (χ1v) is 6.86. The van der Waals surface area contributed by atoms with Gasteiger partial charge in [-0.1, -0.05) is 68.4 Å². The molecule has 0 N–H and O–H groups in total. The third-order valence-electron chi connectivity index (χ3n) is 3.42. The van der Waals surface area contributed by atoms with Crippen molar-refractivity contribution in [2.75, 3.05) is 7.11 Å². The van der Waals surface area contributed by atoms with E-state index in [-0.39, 0.29) is 5.78 Å². The molecule has 0 aliphatic rings. The summed E-state index contributed by atoms with van der Waals surface area (Å²) in [5, 5.41) is 0. The van der Waals surface area contributed by atoms with Crippen LogP contribution in [0.5, 0.6) is 0 Å². The summed E-state index contributed by atoms with van der Waals surface area (Å²) >= 11 is 0. The topological polar surface area (TPSA) is 26.3 Å². The second-order valence-electron chi connectivity index (χ2n) is 5.13. The summed E-state index contributed by atoms with van der Waals surface area (Å²) in [7, 11) is 1.58. The molecule has 2 rings (SSSR count). The lowest BCUT2D eigenvalue weighted by atomic mass is 9.91. The molecule has 0 aliphatic carbocycles. The molecule has 0 aromatic heterocycles. The summed E-state index contributed by atoms with van der Waals surface area (Å²) in [5.74, 6) is 0.325. The summed E-state index contributed by atoms with van der Waals surface area (Å²) < 4.78 is 5.44. The Bertz CT molecular complexity index is 573. The average Bonchev–Trinajstić information content (AvgIpc) is 2.49. The monoisotopic (exact) mass is 268 g/mol. The first-order chi connectivity index (χ1) is 9.65. The van der Waals surface area contributed by atoms with E-state index >= 15 is 0 Å². The Morgan fingerprint density at radius 3 is 2.15 bits per heavy atom. The Kier molecular flexibility index (Phi) is 4.70. The van der Waals surface area contributed by atoms with Gasteiger partial charge in [-0.3, -0.25) is 4.79 Å². The molecule has 0 fully saturated rings. The molecule has 0 bridgehead atoms. The molecule has 0 radical (unpaired) electrons. The Morgan fingerprint density at radius 2 is 1.55 bits per heavy atom. The molecule has 0 saturated heterocycles. The van der Waals surface area contributed by atoms with Crippen molar-refractivity contribution in [2.45, 2.75) is 25.9 Å². The van der Waals surface area contributed by atoms with E-state index in [4.69, 9.17) is 4.74 Å². The van der Waals surface area contributed by atoms with Gasteiger partial charge in [0.05, 0.1) is 0 Å². The number of methoxy groups -OCH3 is 1. The molecule has 2 nitrogen and oxygen atoms in total. The van der Waals surface area contributed by atoms with Crippen molar-refractivity contribution in [1.29, 1.82) is 0 Å². The van der Waals surface area contributed by atoms with E-state index in [1.165, 1.54) is 0 Å². The molecule has 104 valence electrons. The molecule has 1 unspecified atom stereocenters. The van der Waals surface area contributed by atoms with Gasteiger partial charge in [-0.15, -0.1) is 0 Å². The first-order valence-electron chi connectivity index (χ1n) is 6.86. The molecule has 2 aromatic rings. The van der Waals surface area contributed by atoms with E-state index in [0.717, 1.165) is 16.7 Å². The van der Waals surface area contributed by atoms with Crippen molar-refractivity contribution in [2.24, 2.45) is 0 Å². The fourth-order valence-electron chi connectivity index (χ4n) is 2.39. The van der Waals surface area contributed by atoms with Gasteiger partial charge in [-0.2, -0.15) is 0 Å². The van der Waals surface area contributed by atoms with Crippen LogP contribution in [-0.2, 0) is 4.74 Å². The van der Waals surface area contributed by atoms with Gasteiger partial charge in [0, 0.05) is 12.7 Å². The minimum absolute atomic E-state index is 0.0167. The van der Waals surface area contributed by atoms with Crippen LogP contribution in [0.15, 0.2) is 54.6 Å². The van der Waals surface area contributed by atoms with Crippen LogP contribution in [0.4, 0.5) is 0 Å². The van der Waals surface area contributed by atoms with E-state index in [1.54, 1.807) is 7.11 Å². The number of carbonyl (C=O) groups is 1. The number of ether oxygens (including phenoxy) is 1. The van der Waals surface area contributed by atoms with Gasteiger partial charge in [0.25, 0.3) is 0 Å². The zero-order chi connectivity index (χ0) is 14.5. The van der Waals surface area contributed by atoms with E-state index in [2.05, 4.69) is 13.8 Å². The standard InChI is InChI=1S/C18H20O2/c1-13(2)15-11-7-8-12-16(15)17(19)18(20-3)14-9-5-4-6-10-14/h4-13,18H,1-3H3. The van der Waals surface area contributed by atoms with Gasteiger partial charge in [0.1, 0.15) is 6.10 Å². The van der Waals surface area contributed by atoms with Crippen molar-refractivity contribution in [3.63, 3.8) is 0 Å². The lowest BCUT2D eigenvalue weighted by Gasteiger charge is -2.18. The Hall–Kier alpha value is -1.93. The maximum Gasteiger partial charge on any atom is 0.196 e. The molecule has 0 amide bonds. The predicted octanol–water partition coefficient (Wildman–Crippen LogP) is 4.38. The quantitative estimate of drug-likeness (QED) is 0.752. The van der Waals surface area contributed by atoms with E-state index in [1.807, 2.05) is 54.6 Å². The van der Waals surface area contributed by atoms with Crippen molar-refractivity contribution in [1.82, 2.24) is 0 Å². The molecule has 0 heterocycles. The summed E-state index contributed by atoms with van der Waals surface area (Å²) in [5.41, 5.74) is 2.70. The lowest BCUT2D eigenvalue weighted by Crippen LogP contribution is -2.17. The zero-order valence-electron chi connectivity index (χ0n) is 12.2. The van der Waals surface area contributed by atoms with Crippen LogP contribution in [0.25, 0.3) is 0 Å². The normalized spacial score (nSPS) is 12.4. The highest BCUT2D eigenvalue weighted by Crippen LogP contribution is 2.26. The lowest BCUT2D eigenvalue weighted by molar-refractivity contribution is 0.0603. The molecule has 2 aromatic carbocycles. The minimum atomic E-state index is -0.545. The molecular weight excluding hydrogens is 248 g/mol. The van der Waals surface area contributed by atoms with Crippen molar-refractivity contribution >= 4 is 5.78 Å². The summed E-state index contributed by atoms with van der Waals surface area (Å²) in [6.07, 6.45) is -0.545. The third-order valence-corrected chi connectivity index (χ3v) is 3.42. The number of ketones is 1. The molecule has 0 aliphatic heterocycles. The molecule has 1 atom stereocenters. The van der Waals surface area contributed by atoms with Gasteiger partial charge in [-0.05, 0) is 17.0 Å². The molecule has 20 heavy (non-hydrogen) atoms. The van der Waals surface area contributed by atoms with Crippen molar-refractivity contribution in [3.8, 4) is 0 Å². The Morgan fingerprint density at radius 1 is 0.950 bits per heavy atom.